The minimum atomic E-state index is -2.87. The molecular weight excluding hydrogens is 175 g/mol. The van der Waals surface area contributed by atoms with E-state index in [0.717, 1.165) is 0 Å². The standard InChI is InChI=1S/C3H6N2O2.HO3P/c1-5-3(7)2(4)6;1-4(2)3/h1H3,(H2,4,6)(H,5,7);(H-,1,2,3)/p+1. The fourth-order valence-corrected chi connectivity index (χ4v) is 0.123. The molecule has 11 heavy (non-hydrogen) atoms. The van der Waals surface area contributed by atoms with Crippen molar-refractivity contribution in [1.82, 2.24) is 5.32 Å². The Bertz CT molecular complexity index is 165. The number of carbonyl (C=O) groups excluding carboxylic acids is 2. The summed E-state index contributed by atoms with van der Waals surface area (Å²) in [7, 11) is -1.53. The third kappa shape index (κ3) is 17.6. The Morgan fingerprint density at radius 2 is 1.73 bits per heavy atom. The molecule has 64 valence electrons. The normalized spacial score (nSPS) is 7.18. The second-order valence-corrected chi connectivity index (χ2v) is 1.70. The first-order valence-electron chi connectivity index (χ1n) is 2.28. The first-order chi connectivity index (χ1) is 4.91. The van der Waals surface area contributed by atoms with Crippen LogP contribution in [0.15, 0.2) is 0 Å². The van der Waals surface area contributed by atoms with Crippen molar-refractivity contribution in [3.63, 3.8) is 0 Å². The first-order valence-corrected chi connectivity index (χ1v) is 3.44. The SMILES string of the molecule is CNC(=O)C(N)=O.O=[P+](O)O. The number of likely N-dealkylation sites (N-methyl/N-ethyl adjacent to an activating group) is 1. The number of carbonyl (C=O) groups is 2. The fraction of sp³-hybridized carbons (Fsp3) is 0.333. The molecule has 0 aromatic rings. The largest absolute Gasteiger partial charge is 0.692 e. The van der Waals surface area contributed by atoms with Gasteiger partial charge in [0.1, 0.15) is 0 Å². The van der Waals surface area contributed by atoms with Crippen molar-refractivity contribution in [3.05, 3.63) is 0 Å². The molecule has 0 aliphatic rings. The monoisotopic (exact) mass is 183 g/mol. The van der Waals surface area contributed by atoms with Crippen LogP contribution in [-0.4, -0.2) is 28.6 Å². The summed E-state index contributed by atoms with van der Waals surface area (Å²) in [6.45, 7) is 0. The molecule has 0 aromatic heterocycles. The lowest BCUT2D eigenvalue weighted by Gasteiger charge is -1.86. The van der Waals surface area contributed by atoms with Gasteiger partial charge in [-0.2, -0.15) is 0 Å². The van der Waals surface area contributed by atoms with E-state index in [0.29, 0.717) is 0 Å². The minimum absolute atomic E-state index is 0.764. The second-order valence-electron chi connectivity index (χ2n) is 1.20. The van der Waals surface area contributed by atoms with Gasteiger partial charge in [0.25, 0.3) is 0 Å². The van der Waals surface area contributed by atoms with Crippen LogP contribution >= 0.6 is 8.25 Å². The Morgan fingerprint density at radius 3 is 1.73 bits per heavy atom. The zero-order valence-corrected chi connectivity index (χ0v) is 6.54. The molecule has 0 heterocycles. The molecule has 0 bridgehead atoms. The van der Waals surface area contributed by atoms with Crippen molar-refractivity contribution in [2.75, 3.05) is 7.05 Å². The molecule has 0 fully saturated rings. The highest BCUT2D eigenvalue weighted by Crippen LogP contribution is 1.98. The van der Waals surface area contributed by atoms with Crippen LogP contribution in [-0.2, 0) is 14.2 Å². The van der Waals surface area contributed by atoms with Crippen LogP contribution in [0.4, 0.5) is 0 Å². The van der Waals surface area contributed by atoms with Crippen LogP contribution in [0.3, 0.4) is 0 Å². The van der Waals surface area contributed by atoms with E-state index in [2.05, 4.69) is 11.1 Å². The summed E-state index contributed by atoms with van der Waals surface area (Å²) in [4.78, 5) is 33.9. The molecular formula is C3H8N2O5P+. The Balaban J connectivity index is 0. The van der Waals surface area contributed by atoms with Gasteiger partial charge in [0.15, 0.2) is 0 Å². The lowest BCUT2D eigenvalue weighted by Crippen LogP contribution is -2.33. The lowest BCUT2D eigenvalue weighted by molar-refractivity contribution is -0.136. The highest BCUT2D eigenvalue weighted by molar-refractivity contribution is 7.30. The zero-order valence-electron chi connectivity index (χ0n) is 5.64. The molecule has 2 amide bonds. The van der Waals surface area contributed by atoms with E-state index in [1.54, 1.807) is 0 Å². The minimum Gasteiger partial charge on any atom is -0.361 e. The number of nitrogens with two attached hydrogens (primary N) is 1. The molecule has 0 aliphatic carbocycles. The summed E-state index contributed by atoms with van der Waals surface area (Å²) >= 11 is 0. The summed E-state index contributed by atoms with van der Waals surface area (Å²) in [5, 5.41) is 2.05. The number of hydrogen-bond acceptors (Lipinski definition) is 3. The maximum atomic E-state index is 9.93. The maximum absolute atomic E-state index is 9.93. The van der Waals surface area contributed by atoms with Crippen molar-refractivity contribution in [1.29, 1.82) is 0 Å². The molecule has 0 aromatic carbocycles. The molecule has 0 spiro atoms. The highest BCUT2D eigenvalue weighted by Gasteiger charge is 2.01. The van der Waals surface area contributed by atoms with E-state index in [4.69, 9.17) is 14.4 Å². The number of hydrogen-bond donors (Lipinski definition) is 4. The molecule has 0 saturated carbocycles. The van der Waals surface area contributed by atoms with Crippen LogP contribution < -0.4 is 11.1 Å². The Labute approximate surface area is 63.2 Å². The molecule has 7 nitrogen and oxygen atoms in total. The number of rotatable bonds is 0. The number of primary amides is 1. The molecule has 0 aliphatic heterocycles. The summed E-state index contributed by atoms with van der Waals surface area (Å²) < 4.78 is 8.70. The predicted octanol–water partition coefficient (Wildman–Crippen LogP) is -2.15. The molecule has 0 radical (unpaired) electrons. The summed E-state index contributed by atoms with van der Waals surface area (Å²) in [5.41, 5.74) is 4.50. The van der Waals surface area contributed by atoms with Gasteiger partial charge in [0.05, 0.1) is 0 Å². The molecule has 0 rings (SSSR count). The number of amides is 2. The van der Waals surface area contributed by atoms with Gasteiger partial charge in [-0.3, -0.25) is 9.59 Å². The van der Waals surface area contributed by atoms with Crippen LogP contribution in [0.1, 0.15) is 0 Å². The van der Waals surface area contributed by atoms with Crippen molar-refractivity contribution >= 4 is 20.1 Å². The van der Waals surface area contributed by atoms with E-state index in [9.17, 15) is 9.59 Å². The van der Waals surface area contributed by atoms with Gasteiger partial charge in [0, 0.05) is 11.6 Å². The van der Waals surface area contributed by atoms with Gasteiger partial charge in [-0.25, -0.2) is 0 Å². The van der Waals surface area contributed by atoms with E-state index in [-0.39, 0.29) is 0 Å². The van der Waals surface area contributed by atoms with Crippen molar-refractivity contribution < 1.29 is 23.9 Å². The fourth-order valence-electron chi connectivity index (χ4n) is 0.123. The van der Waals surface area contributed by atoms with E-state index >= 15 is 0 Å². The van der Waals surface area contributed by atoms with Crippen molar-refractivity contribution in [2.24, 2.45) is 5.73 Å². The van der Waals surface area contributed by atoms with Gasteiger partial charge < -0.3 is 11.1 Å². The average Bonchev–Trinajstić information content (AvgIpc) is 1.85. The second kappa shape index (κ2) is 7.07. The van der Waals surface area contributed by atoms with Gasteiger partial charge in [0.2, 0.25) is 0 Å². The van der Waals surface area contributed by atoms with Gasteiger partial charge in [-0.15, -0.1) is 9.79 Å². The maximum Gasteiger partial charge on any atom is 0.692 e. The van der Waals surface area contributed by atoms with Crippen LogP contribution in [0.25, 0.3) is 0 Å². The molecule has 0 atom stereocenters. The quantitative estimate of drug-likeness (QED) is 0.251. The smallest absolute Gasteiger partial charge is 0.361 e. The lowest BCUT2D eigenvalue weighted by atomic mass is 10.6. The third-order valence-corrected chi connectivity index (χ3v) is 0.451. The summed E-state index contributed by atoms with van der Waals surface area (Å²) in [6.07, 6.45) is 0. The van der Waals surface area contributed by atoms with Crippen LogP contribution in [0.5, 0.6) is 0 Å². The van der Waals surface area contributed by atoms with E-state index in [1.807, 2.05) is 0 Å². The average molecular weight is 183 g/mol. The van der Waals surface area contributed by atoms with Gasteiger partial charge >= 0.3 is 20.1 Å². The zero-order chi connectivity index (χ0) is 9.44. The molecule has 8 heteroatoms. The molecule has 0 unspecified atom stereocenters. The van der Waals surface area contributed by atoms with Crippen LogP contribution in [0, 0.1) is 0 Å². The topological polar surface area (TPSA) is 130 Å². The first kappa shape index (κ1) is 12.6. The van der Waals surface area contributed by atoms with Crippen molar-refractivity contribution in [2.45, 2.75) is 0 Å². The van der Waals surface area contributed by atoms with Crippen molar-refractivity contribution in [3.8, 4) is 0 Å². The van der Waals surface area contributed by atoms with Gasteiger partial charge in [-0.05, 0) is 0 Å². The Hall–Kier alpha value is -1.04. The van der Waals surface area contributed by atoms with Gasteiger partial charge in [-0.1, -0.05) is 0 Å². The third-order valence-electron chi connectivity index (χ3n) is 0.451. The Kier molecular flexibility index (Phi) is 8.11. The Morgan fingerprint density at radius 1 is 1.45 bits per heavy atom. The summed E-state index contributed by atoms with van der Waals surface area (Å²) in [5.74, 6) is -1.72. The number of nitrogens with one attached hydrogen (secondary N) is 1. The van der Waals surface area contributed by atoms with E-state index < -0.39 is 20.1 Å². The molecule has 5 N–H and O–H groups in total. The predicted molar refractivity (Wildman–Crippen MR) is 35.3 cm³/mol. The highest BCUT2D eigenvalue weighted by atomic mass is 31.1. The summed E-state index contributed by atoms with van der Waals surface area (Å²) in [6, 6.07) is 0. The van der Waals surface area contributed by atoms with Crippen LogP contribution in [0.2, 0.25) is 0 Å². The molecule has 0 saturated heterocycles. The van der Waals surface area contributed by atoms with E-state index in [1.165, 1.54) is 7.05 Å².